The normalized spacial score (nSPS) is 12.7. The van der Waals surface area contributed by atoms with Crippen molar-refractivity contribution in [3.63, 3.8) is 0 Å². The number of benzene rings is 1. The van der Waals surface area contributed by atoms with E-state index in [-0.39, 0.29) is 36.7 Å². The average molecular weight is 537 g/mol. The third kappa shape index (κ3) is 4.60. The highest BCUT2D eigenvalue weighted by Gasteiger charge is 2.74. The molecule has 2 heterocycles. The highest BCUT2D eigenvalue weighted by molar-refractivity contribution is 6.02. The third-order valence-corrected chi connectivity index (χ3v) is 5.35. The van der Waals surface area contributed by atoms with Crippen LogP contribution in [-0.4, -0.2) is 42.7 Å². The van der Waals surface area contributed by atoms with E-state index >= 15 is 0 Å². The van der Waals surface area contributed by atoms with Gasteiger partial charge < -0.3 is 13.9 Å². The Labute approximate surface area is 203 Å². The Morgan fingerprint density at radius 3 is 2.16 bits per heavy atom. The number of aryl methyl sites for hydroxylation is 1. The maximum absolute atomic E-state index is 15.0. The standard InChI is InChI=1S/C23H18F7NO6/c1-4-6-10-17-11(7-12-15(32)9-16(37-18(10)12)20(34)36-5-2)13(8-14(31-17)19(33)35-3)21(24,25)22(26,27)23(28,29)30/h7-9H,4-6H2,1-3H3. The van der Waals surface area contributed by atoms with Gasteiger partial charge in [0.2, 0.25) is 5.76 Å². The summed E-state index contributed by atoms with van der Waals surface area (Å²) in [5.41, 5.74) is -5.06. The van der Waals surface area contributed by atoms with Crippen molar-refractivity contribution >= 4 is 33.8 Å². The van der Waals surface area contributed by atoms with E-state index in [1.165, 1.54) is 6.92 Å². The third-order valence-electron chi connectivity index (χ3n) is 5.35. The topological polar surface area (TPSA) is 95.7 Å². The number of halogens is 7. The number of alkyl halides is 7. The van der Waals surface area contributed by atoms with E-state index in [4.69, 9.17) is 9.15 Å². The van der Waals surface area contributed by atoms with Gasteiger partial charge in [-0.2, -0.15) is 30.7 Å². The predicted octanol–water partition coefficient (Wildman–Crippen LogP) is 5.55. The van der Waals surface area contributed by atoms with Crippen molar-refractivity contribution in [2.24, 2.45) is 0 Å². The molecule has 3 aromatic rings. The smallest absolute Gasteiger partial charge is 0.460 e. The van der Waals surface area contributed by atoms with Gasteiger partial charge in [-0.3, -0.25) is 4.79 Å². The molecule has 0 saturated carbocycles. The van der Waals surface area contributed by atoms with E-state index in [1.54, 1.807) is 6.92 Å². The van der Waals surface area contributed by atoms with Crippen LogP contribution in [0.1, 0.15) is 52.4 Å². The van der Waals surface area contributed by atoms with Crippen molar-refractivity contribution in [3.8, 4) is 0 Å². The molecule has 0 aliphatic heterocycles. The largest absolute Gasteiger partial charge is 0.464 e. The minimum Gasteiger partial charge on any atom is -0.464 e. The molecule has 0 unspecified atom stereocenters. The minimum absolute atomic E-state index is 0.0595. The van der Waals surface area contributed by atoms with E-state index in [0.717, 1.165) is 7.11 Å². The van der Waals surface area contributed by atoms with Crippen LogP contribution in [0.3, 0.4) is 0 Å². The average Bonchev–Trinajstić information content (AvgIpc) is 2.82. The van der Waals surface area contributed by atoms with E-state index in [0.29, 0.717) is 12.1 Å². The van der Waals surface area contributed by atoms with Crippen molar-refractivity contribution in [1.29, 1.82) is 0 Å². The Kier molecular flexibility index (Phi) is 7.26. The maximum atomic E-state index is 15.0. The first kappa shape index (κ1) is 27.9. The van der Waals surface area contributed by atoms with Crippen LogP contribution >= 0.6 is 0 Å². The zero-order chi connectivity index (χ0) is 27.9. The highest BCUT2D eigenvalue weighted by atomic mass is 19.4. The molecule has 0 atom stereocenters. The van der Waals surface area contributed by atoms with Gasteiger partial charge in [0.15, 0.2) is 5.43 Å². The lowest BCUT2D eigenvalue weighted by Crippen LogP contribution is -2.50. The molecule has 2 aromatic heterocycles. The van der Waals surface area contributed by atoms with Gasteiger partial charge in [0, 0.05) is 22.6 Å². The summed E-state index contributed by atoms with van der Waals surface area (Å²) in [4.78, 5) is 40.9. The van der Waals surface area contributed by atoms with Crippen LogP contribution in [0.2, 0.25) is 0 Å². The number of esters is 2. The SMILES string of the molecule is CCCc1c2nc(C(=O)OC)cc(C(F)(F)C(F)(F)C(F)(F)F)c2cc2c(=O)cc(C(=O)OCC)oc12. The van der Waals surface area contributed by atoms with E-state index in [2.05, 4.69) is 9.72 Å². The Balaban J connectivity index is 2.57. The zero-order valence-corrected chi connectivity index (χ0v) is 19.4. The molecule has 0 amide bonds. The Bertz CT molecular complexity index is 1450. The van der Waals surface area contributed by atoms with Crippen LogP contribution in [0.25, 0.3) is 21.9 Å². The molecule has 14 heteroatoms. The Morgan fingerprint density at radius 2 is 1.62 bits per heavy atom. The summed E-state index contributed by atoms with van der Waals surface area (Å²) in [7, 11) is 0.814. The molecule has 1 aromatic carbocycles. The number of nitrogens with zero attached hydrogens (tertiary/aromatic N) is 1. The van der Waals surface area contributed by atoms with Gasteiger partial charge in [-0.1, -0.05) is 13.3 Å². The first-order valence-electron chi connectivity index (χ1n) is 10.6. The van der Waals surface area contributed by atoms with Gasteiger partial charge in [0.1, 0.15) is 11.3 Å². The summed E-state index contributed by atoms with van der Waals surface area (Å²) in [6, 6.07) is 1.33. The highest BCUT2D eigenvalue weighted by Crippen LogP contribution is 2.53. The van der Waals surface area contributed by atoms with Crippen molar-refractivity contribution in [2.75, 3.05) is 13.7 Å². The Hall–Kier alpha value is -3.71. The summed E-state index contributed by atoms with van der Waals surface area (Å²) in [5, 5.41) is -1.45. The molecular weight excluding hydrogens is 519 g/mol. The fourth-order valence-corrected chi connectivity index (χ4v) is 3.65. The molecule has 37 heavy (non-hydrogen) atoms. The number of pyridine rings is 1. The summed E-state index contributed by atoms with van der Waals surface area (Å²) in [6.45, 7) is 2.98. The van der Waals surface area contributed by atoms with E-state index < -0.39 is 68.7 Å². The second-order valence-electron chi connectivity index (χ2n) is 7.77. The van der Waals surface area contributed by atoms with Crippen LogP contribution in [-0.2, 0) is 21.8 Å². The monoisotopic (exact) mass is 537 g/mol. The Morgan fingerprint density at radius 1 is 0.973 bits per heavy atom. The molecule has 0 fully saturated rings. The fraction of sp³-hybridized carbons (Fsp3) is 0.391. The molecule has 0 bridgehead atoms. The van der Waals surface area contributed by atoms with Gasteiger partial charge in [-0.25, -0.2) is 14.6 Å². The first-order valence-corrected chi connectivity index (χ1v) is 10.6. The number of methoxy groups -OCH3 is 1. The number of fused-ring (bicyclic) bond motifs is 2. The number of hydrogen-bond acceptors (Lipinski definition) is 7. The van der Waals surface area contributed by atoms with Crippen LogP contribution in [0, 0.1) is 0 Å². The molecule has 200 valence electrons. The van der Waals surface area contributed by atoms with Crippen molar-refractivity contribution in [3.05, 3.63) is 51.0 Å². The first-order chi connectivity index (χ1) is 17.1. The lowest BCUT2D eigenvalue weighted by Gasteiger charge is -2.29. The molecule has 0 radical (unpaired) electrons. The van der Waals surface area contributed by atoms with Crippen molar-refractivity contribution in [1.82, 2.24) is 4.98 Å². The van der Waals surface area contributed by atoms with Crippen LogP contribution in [0.5, 0.6) is 0 Å². The van der Waals surface area contributed by atoms with E-state index in [1.807, 2.05) is 0 Å². The fourth-order valence-electron chi connectivity index (χ4n) is 3.65. The molecule has 0 aliphatic carbocycles. The molecule has 0 aliphatic rings. The summed E-state index contributed by atoms with van der Waals surface area (Å²) < 4.78 is 112. The molecule has 0 spiro atoms. The van der Waals surface area contributed by atoms with Crippen LogP contribution in [0.15, 0.2) is 27.4 Å². The van der Waals surface area contributed by atoms with Gasteiger partial charge in [0.25, 0.3) is 0 Å². The molecule has 3 rings (SSSR count). The lowest BCUT2D eigenvalue weighted by molar-refractivity contribution is -0.359. The molecular formula is C23H18F7NO6. The zero-order valence-electron chi connectivity index (χ0n) is 19.4. The molecule has 0 N–H and O–H groups in total. The summed E-state index contributed by atoms with van der Waals surface area (Å²) in [6.07, 6.45) is -6.58. The van der Waals surface area contributed by atoms with Crippen molar-refractivity contribution < 1.29 is 54.2 Å². The number of aromatic nitrogens is 1. The number of carbonyl (C=O) groups is 2. The van der Waals surface area contributed by atoms with E-state index in [9.17, 15) is 45.1 Å². The number of rotatable bonds is 7. The molecule has 0 saturated heterocycles. The van der Waals surface area contributed by atoms with Gasteiger partial charge in [-0.15, -0.1) is 0 Å². The number of hydrogen-bond donors (Lipinski definition) is 0. The predicted molar refractivity (Wildman–Crippen MR) is 114 cm³/mol. The summed E-state index contributed by atoms with van der Waals surface area (Å²) >= 11 is 0. The van der Waals surface area contributed by atoms with Crippen molar-refractivity contribution in [2.45, 2.75) is 44.7 Å². The van der Waals surface area contributed by atoms with Gasteiger partial charge in [-0.05, 0) is 25.5 Å². The minimum atomic E-state index is -6.67. The van der Waals surface area contributed by atoms with Crippen LogP contribution in [0.4, 0.5) is 30.7 Å². The summed E-state index contributed by atoms with van der Waals surface area (Å²) in [5.74, 6) is -15.5. The van der Waals surface area contributed by atoms with Gasteiger partial charge >= 0.3 is 30.0 Å². The van der Waals surface area contributed by atoms with Crippen LogP contribution < -0.4 is 5.43 Å². The second-order valence-corrected chi connectivity index (χ2v) is 7.77. The molecule has 7 nitrogen and oxygen atoms in total. The number of ether oxygens (including phenoxy) is 2. The maximum Gasteiger partial charge on any atom is 0.460 e. The quantitative estimate of drug-likeness (QED) is 0.222. The number of carbonyl (C=O) groups excluding carboxylic acids is 2. The second kappa shape index (κ2) is 9.63. The van der Waals surface area contributed by atoms with Gasteiger partial charge in [0.05, 0.1) is 24.6 Å². The lowest BCUT2D eigenvalue weighted by atomic mass is 9.92.